The standard InChI is InChI=1S/C9H13.2ClH.Ti/c1-6-5-7(2)9(4)8(6)3;;;/h6H,1-4H3;2*1H;/q-1;;;+3/p-2. The van der Waals surface area contributed by atoms with Crippen LogP contribution in [0.5, 0.6) is 0 Å². The van der Waals surface area contributed by atoms with E-state index in [4.69, 9.17) is 0 Å². The Balaban J connectivity index is -0.000000270. The van der Waals surface area contributed by atoms with E-state index in [-0.39, 0.29) is 46.5 Å². The third kappa shape index (κ3) is 3.66. The summed E-state index contributed by atoms with van der Waals surface area (Å²) < 4.78 is 0. The van der Waals surface area contributed by atoms with E-state index >= 15 is 0 Å². The van der Waals surface area contributed by atoms with Crippen LogP contribution < -0.4 is 24.8 Å². The van der Waals surface area contributed by atoms with Crippen LogP contribution in [0.25, 0.3) is 0 Å². The predicted octanol–water partition coefficient (Wildman–Crippen LogP) is -3.27. The summed E-state index contributed by atoms with van der Waals surface area (Å²) in [5.41, 5.74) is 4.25. The molecular formula is C9H13Cl2Ti. The van der Waals surface area contributed by atoms with E-state index in [0.29, 0.717) is 5.92 Å². The van der Waals surface area contributed by atoms with Gasteiger partial charge < -0.3 is 24.8 Å². The molecule has 0 spiro atoms. The van der Waals surface area contributed by atoms with Gasteiger partial charge in [-0.05, 0) is 0 Å². The van der Waals surface area contributed by atoms with Gasteiger partial charge in [0, 0.05) is 0 Å². The summed E-state index contributed by atoms with van der Waals surface area (Å²) in [5, 5.41) is 0. The summed E-state index contributed by atoms with van der Waals surface area (Å²) in [6.45, 7) is 8.67. The van der Waals surface area contributed by atoms with Gasteiger partial charge in [-0.1, -0.05) is 26.7 Å². The van der Waals surface area contributed by atoms with Gasteiger partial charge in [-0.25, -0.2) is 5.57 Å². The number of hydrogen-bond donors (Lipinski definition) is 0. The zero-order valence-corrected chi connectivity index (χ0v) is 10.9. The maximum atomic E-state index is 3.36. The van der Waals surface area contributed by atoms with Crippen LogP contribution in [-0.2, 0) is 21.7 Å². The van der Waals surface area contributed by atoms with E-state index in [1.54, 1.807) is 0 Å². The summed E-state index contributed by atoms with van der Waals surface area (Å²) in [7, 11) is 0. The molecular weight excluding hydrogens is 227 g/mol. The van der Waals surface area contributed by atoms with Gasteiger partial charge in [0.05, 0.1) is 0 Å². The molecule has 0 aliphatic heterocycles. The van der Waals surface area contributed by atoms with E-state index in [0.717, 1.165) is 0 Å². The molecule has 0 saturated heterocycles. The monoisotopic (exact) mass is 239 g/mol. The van der Waals surface area contributed by atoms with Crippen LogP contribution in [0.15, 0.2) is 16.7 Å². The van der Waals surface area contributed by atoms with E-state index < -0.39 is 0 Å². The summed E-state index contributed by atoms with van der Waals surface area (Å²) in [6.07, 6.45) is 3.36. The maximum Gasteiger partial charge on any atom is 3.00 e. The van der Waals surface area contributed by atoms with Crippen molar-refractivity contribution in [1.82, 2.24) is 0 Å². The second-order valence-electron chi connectivity index (χ2n) is 2.80. The molecule has 1 aliphatic rings. The molecule has 3 heteroatoms. The first kappa shape index (κ1) is 18.5. The van der Waals surface area contributed by atoms with Gasteiger partial charge in [0.1, 0.15) is 0 Å². The first-order chi connectivity index (χ1) is 4.13. The molecule has 0 amide bonds. The molecule has 0 aromatic heterocycles. The minimum absolute atomic E-state index is 0. The minimum Gasteiger partial charge on any atom is -1.00 e. The molecule has 0 aromatic carbocycles. The SMILES string of the molecule is CC1=[C-]C(C)C(C)=C1C.[Cl-].[Cl-].[Ti+3]. The van der Waals surface area contributed by atoms with Crippen molar-refractivity contribution in [2.24, 2.45) is 5.92 Å². The summed E-state index contributed by atoms with van der Waals surface area (Å²) in [5.74, 6) is 0.560. The van der Waals surface area contributed by atoms with Gasteiger partial charge in [-0.3, -0.25) is 6.08 Å². The Kier molecular flexibility index (Phi) is 11.1. The number of halogens is 2. The fraction of sp³-hybridized carbons (Fsp3) is 0.556. The molecule has 0 N–H and O–H groups in total. The quantitative estimate of drug-likeness (QED) is 0.308. The Morgan fingerprint density at radius 2 is 1.50 bits per heavy atom. The number of rotatable bonds is 0. The molecule has 1 aliphatic carbocycles. The van der Waals surface area contributed by atoms with Gasteiger partial charge in [0.2, 0.25) is 0 Å². The Morgan fingerprint density at radius 1 is 1.08 bits per heavy atom. The molecule has 0 heterocycles. The average molecular weight is 240 g/mol. The van der Waals surface area contributed by atoms with E-state index in [9.17, 15) is 0 Å². The molecule has 0 nitrogen and oxygen atoms in total. The molecule has 1 unspecified atom stereocenters. The minimum atomic E-state index is 0. The zero-order chi connectivity index (χ0) is 7.02. The van der Waals surface area contributed by atoms with Crippen LogP contribution in [0, 0.1) is 12.0 Å². The third-order valence-electron chi connectivity index (χ3n) is 2.24. The van der Waals surface area contributed by atoms with Crippen molar-refractivity contribution in [3.8, 4) is 0 Å². The fourth-order valence-electron chi connectivity index (χ4n) is 1.16. The summed E-state index contributed by atoms with van der Waals surface area (Å²) in [6, 6.07) is 0. The van der Waals surface area contributed by atoms with Crippen molar-refractivity contribution in [3.63, 3.8) is 0 Å². The first-order valence-corrected chi connectivity index (χ1v) is 3.40. The fourth-order valence-corrected chi connectivity index (χ4v) is 1.16. The molecule has 0 aromatic rings. The van der Waals surface area contributed by atoms with Crippen molar-refractivity contribution < 1.29 is 46.5 Å². The van der Waals surface area contributed by atoms with Crippen LogP contribution in [0.4, 0.5) is 0 Å². The first-order valence-electron chi connectivity index (χ1n) is 3.40. The Labute approximate surface area is 103 Å². The smallest absolute Gasteiger partial charge is 1.00 e. The zero-order valence-electron chi connectivity index (χ0n) is 7.83. The molecule has 1 atom stereocenters. The second-order valence-corrected chi connectivity index (χ2v) is 2.80. The van der Waals surface area contributed by atoms with Crippen molar-refractivity contribution in [3.05, 3.63) is 22.8 Å². The molecule has 1 rings (SSSR count). The largest absolute Gasteiger partial charge is 3.00 e. The third-order valence-corrected chi connectivity index (χ3v) is 2.24. The van der Waals surface area contributed by atoms with Gasteiger partial charge in [0.25, 0.3) is 0 Å². The van der Waals surface area contributed by atoms with E-state index in [1.165, 1.54) is 16.7 Å². The van der Waals surface area contributed by atoms with Crippen LogP contribution in [0.2, 0.25) is 0 Å². The predicted molar refractivity (Wildman–Crippen MR) is 40.0 cm³/mol. The summed E-state index contributed by atoms with van der Waals surface area (Å²) in [4.78, 5) is 0. The van der Waals surface area contributed by atoms with Gasteiger partial charge in [-0.15, -0.1) is 6.92 Å². The van der Waals surface area contributed by atoms with Gasteiger partial charge >= 0.3 is 21.7 Å². The molecule has 0 bridgehead atoms. The molecule has 1 radical (unpaired) electrons. The molecule has 67 valence electrons. The van der Waals surface area contributed by atoms with Crippen molar-refractivity contribution in [2.75, 3.05) is 0 Å². The second kappa shape index (κ2) is 7.20. The van der Waals surface area contributed by atoms with Gasteiger partial charge in [-0.2, -0.15) is 11.1 Å². The van der Waals surface area contributed by atoms with Crippen molar-refractivity contribution >= 4 is 0 Å². The number of hydrogen-bond acceptors (Lipinski definition) is 0. The summed E-state index contributed by atoms with van der Waals surface area (Å²) >= 11 is 0. The van der Waals surface area contributed by atoms with Crippen molar-refractivity contribution in [1.29, 1.82) is 0 Å². The average Bonchev–Trinajstić information content (AvgIpc) is 1.98. The van der Waals surface area contributed by atoms with Crippen LogP contribution >= 0.6 is 0 Å². The van der Waals surface area contributed by atoms with Crippen LogP contribution in [0.1, 0.15) is 27.7 Å². The number of allylic oxidation sites excluding steroid dienone is 4. The molecule has 12 heavy (non-hydrogen) atoms. The molecule has 0 fully saturated rings. The Hall–Kier alpha value is 0.774. The topological polar surface area (TPSA) is 0 Å². The van der Waals surface area contributed by atoms with Crippen LogP contribution in [0.3, 0.4) is 0 Å². The van der Waals surface area contributed by atoms with E-state index in [2.05, 4.69) is 33.8 Å². The molecule has 0 saturated carbocycles. The van der Waals surface area contributed by atoms with E-state index in [1.807, 2.05) is 0 Å². The Morgan fingerprint density at radius 3 is 1.58 bits per heavy atom. The van der Waals surface area contributed by atoms with Crippen molar-refractivity contribution in [2.45, 2.75) is 27.7 Å². The van der Waals surface area contributed by atoms with Crippen LogP contribution in [-0.4, -0.2) is 0 Å². The Bertz CT molecular complexity index is 195. The normalized spacial score (nSPS) is 20.3. The maximum absolute atomic E-state index is 3.36. The van der Waals surface area contributed by atoms with Gasteiger partial charge in [0.15, 0.2) is 0 Å².